The number of halogens is 1. The van der Waals surface area contributed by atoms with Crippen molar-refractivity contribution in [3.63, 3.8) is 0 Å². The van der Waals surface area contributed by atoms with Crippen molar-refractivity contribution in [1.29, 1.82) is 0 Å². The van der Waals surface area contributed by atoms with Crippen LogP contribution >= 0.6 is 11.6 Å². The van der Waals surface area contributed by atoms with Crippen LogP contribution in [0.25, 0.3) is 0 Å². The number of ether oxygens (including phenoxy) is 1. The Labute approximate surface area is 109 Å². The molecule has 0 bridgehead atoms. The van der Waals surface area contributed by atoms with Crippen molar-refractivity contribution in [2.45, 2.75) is 16.7 Å². The highest BCUT2D eigenvalue weighted by atomic mass is 35.5. The van der Waals surface area contributed by atoms with Gasteiger partial charge in [-0.1, -0.05) is 17.7 Å². The second-order valence-corrected chi connectivity index (χ2v) is 6.48. The van der Waals surface area contributed by atoms with Gasteiger partial charge in [-0.05, 0) is 17.7 Å². The second-order valence-electron chi connectivity index (χ2n) is 3.88. The Morgan fingerprint density at radius 1 is 1.44 bits per heavy atom. The lowest BCUT2D eigenvalue weighted by Crippen LogP contribution is -2.40. The Bertz CT molecular complexity index is 603. The van der Waals surface area contributed by atoms with Gasteiger partial charge in [0.2, 0.25) is 6.08 Å². The Kier molecular flexibility index (Phi) is 3.82. The van der Waals surface area contributed by atoms with E-state index in [0.29, 0.717) is 5.56 Å². The van der Waals surface area contributed by atoms with Crippen molar-refractivity contribution >= 4 is 27.5 Å². The molecule has 96 valence electrons. The zero-order valence-corrected chi connectivity index (χ0v) is 10.9. The molecule has 0 aliphatic carbocycles. The molecule has 1 aliphatic rings. The number of sulfone groups is 1. The average Bonchev–Trinajstić information content (AvgIpc) is 2.22. The molecule has 0 unspecified atom stereocenters. The Hall–Kier alpha value is -1.20. The van der Waals surface area contributed by atoms with Crippen LogP contribution in [0.15, 0.2) is 28.1 Å². The zero-order valence-electron chi connectivity index (χ0n) is 9.30. The minimum Gasteiger partial charge on any atom is -0.379 e. The molecule has 0 atom stereocenters. The molecule has 0 N–H and O–H groups in total. The van der Waals surface area contributed by atoms with Gasteiger partial charge in [0, 0.05) is 0 Å². The molecule has 0 aromatic heterocycles. The van der Waals surface area contributed by atoms with E-state index < -0.39 is 15.1 Å². The van der Waals surface area contributed by atoms with Gasteiger partial charge < -0.3 is 4.74 Å². The van der Waals surface area contributed by atoms with Crippen LogP contribution in [0.2, 0.25) is 5.02 Å². The van der Waals surface area contributed by atoms with Crippen LogP contribution < -0.4 is 0 Å². The molecule has 0 saturated carbocycles. The summed E-state index contributed by atoms with van der Waals surface area (Å²) in [4.78, 5) is 13.5. The van der Waals surface area contributed by atoms with E-state index in [-0.39, 0.29) is 29.7 Å². The quantitative estimate of drug-likeness (QED) is 0.619. The molecule has 1 aromatic rings. The lowest BCUT2D eigenvalue weighted by atomic mass is 10.2. The van der Waals surface area contributed by atoms with Crippen LogP contribution in [-0.4, -0.2) is 33.0 Å². The molecule has 7 heteroatoms. The summed E-state index contributed by atoms with van der Waals surface area (Å²) in [5.41, 5.74) is 0.659. The van der Waals surface area contributed by atoms with Crippen LogP contribution in [0.3, 0.4) is 0 Å². The molecule has 1 saturated heterocycles. The summed E-state index contributed by atoms with van der Waals surface area (Å²) in [6, 6.07) is 4.51. The highest BCUT2D eigenvalue weighted by molar-refractivity contribution is 7.92. The Balaban J connectivity index is 2.32. The van der Waals surface area contributed by atoms with E-state index in [9.17, 15) is 13.2 Å². The normalized spacial score (nSPS) is 15.8. The lowest BCUT2D eigenvalue weighted by molar-refractivity contribution is 0.0416. The van der Waals surface area contributed by atoms with Crippen molar-refractivity contribution < 1.29 is 17.9 Å². The van der Waals surface area contributed by atoms with E-state index in [4.69, 9.17) is 16.3 Å². The highest BCUT2D eigenvalue weighted by Crippen LogP contribution is 2.28. The average molecular weight is 288 g/mol. The largest absolute Gasteiger partial charge is 0.379 e. The van der Waals surface area contributed by atoms with E-state index in [2.05, 4.69) is 4.99 Å². The predicted octanol–water partition coefficient (Wildman–Crippen LogP) is 1.35. The van der Waals surface area contributed by atoms with Crippen LogP contribution in [-0.2, 0) is 25.9 Å². The fourth-order valence-corrected chi connectivity index (χ4v) is 3.59. The topological polar surface area (TPSA) is 72.8 Å². The Morgan fingerprint density at radius 2 is 2.17 bits per heavy atom. The van der Waals surface area contributed by atoms with Gasteiger partial charge in [-0.2, -0.15) is 0 Å². The molecule has 18 heavy (non-hydrogen) atoms. The van der Waals surface area contributed by atoms with Gasteiger partial charge in [-0.3, -0.25) is 0 Å². The Morgan fingerprint density at radius 3 is 2.67 bits per heavy atom. The van der Waals surface area contributed by atoms with E-state index in [1.54, 1.807) is 6.07 Å². The van der Waals surface area contributed by atoms with Crippen LogP contribution in [0.1, 0.15) is 5.56 Å². The molecule has 0 amide bonds. The van der Waals surface area contributed by atoms with Gasteiger partial charge in [0.05, 0.1) is 29.7 Å². The summed E-state index contributed by atoms with van der Waals surface area (Å²) in [5, 5.41) is -0.380. The second kappa shape index (κ2) is 5.20. The first kappa shape index (κ1) is 13.2. The minimum absolute atomic E-state index is 0.0938. The summed E-state index contributed by atoms with van der Waals surface area (Å²) < 4.78 is 29.1. The van der Waals surface area contributed by atoms with Gasteiger partial charge >= 0.3 is 0 Å². The van der Waals surface area contributed by atoms with Crippen molar-refractivity contribution in [2.24, 2.45) is 4.99 Å². The molecule has 0 spiro atoms. The van der Waals surface area contributed by atoms with Crippen molar-refractivity contribution in [3.05, 3.63) is 28.8 Å². The first-order chi connectivity index (χ1) is 8.55. The number of nitrogens with zero attached hydrogens (tertiary/aromatic N) is 1. The number of carbonyl (C=O) groups excluding carboxylic acids is 1. The van der Waals surface area contributed by atoms with Crippen molar-refractivity contribution in [2.75, 3.05) is 13.2 Å². The molecule has 2 rings (SSSR count). The number of aliphatic imine (C=N–C) groups is 1. The summed E-state index contributed by atoms with van der Waals surface area (Å²) in [5.74, 6) is 0. The zero-order chi connectivity index (χ0) is 13.2. The molecule has 1 aliphatic heterocycles. The number of hydrogen-bond donors (Lipinski definition) is 0. The first-order valence-corrected chi connectivity index (χ1v) is 7.12. The van der Waals surface area contributed by atoms with E-state index in [0.717, 1.165) is 0 Å². The molecule has 1 aromatic carbocycles. The van der Waals surface area contributed by atoms with Gasteiger partial charge in [-0.25, -0.2) is 18.2 Å². The maximum atomic E-state index is 12.1. The smallest absolute Gasteiger partial charge is 0.235 e. The molecule has 5 nitrogen and oxygen atoms in total. The van der Waals surface area contributed by atoms with Gasteiger partial charge in [-0.15, -0.1) is 0 Å². The predicted molar refractivity (Wildman–Crippen MR) is 65.1 cm³/mol. The van der Waals surface area contributed by atoms with Crippen molar-refractivity contribution in [3.8, 4) is 0 Å². The van der Waals surface area contributed by atoms with Crippen molar-refractivity contribution in [1.82, 2.24) is 0 Å². The highest BCUT2D eigenvalue weighted by Gasteiger charge is 2.35. The van der Waals surface area contributed by atoms with Crippen LogP contribution in [0.4, 0.5) is 0 Å². The maximum Gasteiger partial charge on any atom is 0.235 e. The molecular formula is C11H10ClNO4S. The fourth-order valence-electron chi connectivity index (χ4n) is 1.57. The molecule has 1 heterocycles. The summed E-state index contributed by atoms with van der Waals surface area (Å²) in [6.07, 6.45) is 1.41. The maximum absolute atomic E-state index is 12.1. The van der Waals surface area contributed by atoms with Gasteiger partial charge in [0.1, 0.15) is 5.25 Å². The minimum atomic E-state index is -3.44. The number of rotatable bonds is 4. The third-order valence-corrected chi connectivity index (χ3v) is 5.22. The standard InChI is InChI=1S/C11H10ClNO4S/c12-10-3-8(4-13-7-14)1-2-11(10)18(15,16)9-5-17-6-9/h1-3,9H,4-6H2. The molecular weight excluding hydrogens is 278 g/mol. The fraction of sp³-hybridized carbons (Fsp3) is 0.364. The third kappa shape index (κ3) is 2.47. The lowest BCUT2D eigenvalue weighted by Gasteiger charge is -2.26. The molecule has 0 radical (unpaired) electrons. The number of hydrogen-bond acceptors (Lipinski definition) is 5. The van der Waals surface area contributed by atoms with E-state index >= 15 is 0 Å². The van der Waals surface area contributed by atoms with Crippen LogP contribution in [0.5, 0.6) is 0 Å². The number of isocyanates is 1. The van der Waals surface area contributed by atoms with Crippen LogP contribution in [0, 0.1) is 0 Å². The monoisotopic (exact) mass is 287 g/mol. The summed E-state index contributed by atoms with van der Waals surface area (Å²) in [7, 11) is -3.44. The summed E-state index contributed by atoms with van der Waals surface area (Å²) in [6.45, 7) is 0.543. The van der Waals surface area contributed by atoms with Gasteiger partial charge in [0.25, 0.3) is 0 Å². The number of benzene rings is 1. The van der Waals surface area contributed by atoms with Gasteiger partial charge in [0.15, 0.2) is 9.84 Å². The molecule has 1 fully saturated rings. The summed E-state index contributed by atoms with van der Waals surface area (Å²) >= 11 is 5.96. The SMILES string of the molecule is O=C=NCc1ccc(S(=O)(=O)C2COC2)c(Cl)c1. The van der Waals surface area contributed by atoms with E-state index in [1.807, 2.05) is 0 Å². The van der Waals surface area contributed by atoms with E-state index in [1.165, 1.54) is 18.2 Å². The first-order valence-electron chi connectivity index (χ1n) is 5.19. The third-order valence-electron chi connectivity index (χ3n) is 2.68.